The number of hydrogen-bond donors (Lipinski definition) is 3. The highest BCUT2D eigenvalue weighted by atomic mass is 16.5. The van der Waals surface area contributed by atoms with Gasteiger partial charge in [-0.25, -0.2) is 4.79 Å². The molecule has 0 aliphatic carbocycles. The number of anilines is 1. The van der Waals surface area contributed by atoms with E-state index in [0.717, 1.165) is 11.3 Å². The van der Waals surface area contributed by atoms with E-state index < -0.39 is 6.03 Å². The molecule has 0 atom stereocenters. The molecule has 6 nitrogen and oxygen atoms in total. The number of para-hydroxylation sites is 1. The maximum Gasteiger partial charge on any atom is 0.319 e. The lowest BCUT2D eigenvalue weighted by Gasteiger charge is -2.10. The Labute approximate surface area is 163 Å². The van der Waals surface area contributed by atoms with Gasteiger partial charge in [-0.3, -0.25) is 4.79 Å². The molecular weight excluding hydrogens is 354 g/mol. The Bertz CT molecular complexity index is 897. The summed E-state index contributed by atoms with van der Waals surface area (Å²) in [5.41, 5.74) is 1.60. The molecule has 0 saturated carbocycles. The van der Waals surface area contributed by atoms with Crippen LogP contribution in [-0.2, 0) is 11.3 Å². The molecule has 3 aromatic rings. The monoisotopic (exact) mass is 375 g/mol. The summed E-state index contributed by atoms with van der Waals surface area (Å²) < 4.78 is 5.70. The zero-order chi connectivity index (χ0) is 19.6. The maximum absolute atomic E-state index is 11.9. The van der Waals surface area contributed by atoms with Gasteiger partial charge in [0, 0.05) is 12.2 Å². The molecule has 0 spiro atoms. The first-order valence-electron chi connectivity index (χ1n) is 8.87. The van der Waals surface area contributed by atoms with Gasteiger partial charge < -0.3 is 20.7 Å². The molecule has 0 aliphatic heterocycles. The van der Waals surface area contributed by atoms with Crippen LogP contribution >= 0.6 is 0 Å². The standard InChI is InChI=1S/C22H21N3O3/c26-21(23-15-17-7-3-1-4-8-17)16-24-22(27)25-18-11-13-20(14-12-18)28-19-9-5-2-6-10-19/h1-14H,15-16H2,(H,23,26)(H2,24,25,27). The normalized spacial score (nSPS) is 10.0. The van der Waals surface area contributed by atoms with Gasteiger partial charge in [0.25, 0.3) is 0 Å². The molecular formula is C22H21N3O3. The molecule has 0 bridgehead atoms. The SMILES string of the molecule is O=C(CNC(=O)Nc1ccc(Oc2ccccc2)cc1)NCc1ccccc1. The predicted octanol–water partition coefficient (Wildman–Crippen LogP) is 3.92. The van der Waals surface area contributed by atoms with Crippen molar-refractivity contribution in [3.63, 3.8) is 0 Å². The number of rotatable bonds is 7. The zero-order valence-electron chi connectivity index (χ0n) is 15.2. The van der Waals surface area contributed by atoms with E-state index in [0.29, 0.717) is 18.0 Å². The van der Waals surface area contributed by atoms with Crippen molar-refractivity contribution in [2.24, 2.45) is 0 Å². The Balaban J connectivity index is 1.40. The molecule has 0 unspecified atom stereocenters. The smallest absolute Gasteiger partial charge is 0.319 e. The summed E-state index contributed by atoms with van der Waals surface area (Å²) in [6.45, 7) is 0.319. The highest BCUT2D eigenvalue weighted by Gasteiger charge is 2.06. The molecule has 0 radical (unpaired) electrons. The van der Waals surface area contributed by atoms with Crippen LogP contribution in [0.4, 0.5) is 10.5 Å². The lowest BCUT2D eigenvalue weighted by Crippen LogP contribution is -2.38. The van der Waals surface area contributed by atoms with E-state index in [1.54, 1.807) is 24.3 Å². The fourth-order valence-corrected chi connectivity index (χ4v) is 2.43. The quantitative estimate of drug-likeness (QED) is 0.586. The third-order valence-corrected chi connectivity index (χ3v) is 3.83. The lowest BCUT2D eigenvalue weighted by atomic mass is 10.2. The van der Waals surface area contributed by atoms with Gasteiger partial charge in [0.15, 0.2) is 0 Å². The van der Waals surface area contributed by atoms with E-state index in [9.17, 15) is 9.59 Å². The number of hydrogen-bond acceptors (Lipinski definition) is 3. The number of carbonyl (C=O) groups is 2. The topological polar surface area (TPSA) is 79.5 Å². The minimum atomic E-state index is -0.452. The number of ether oxygens (including phenoxy) is 1. The van der Waals surface area contributed by atoms with E-state index in [2.05, 4.69) is 16.0 Å². The molecule has 28 heavy (non-hydrogen) atoms. The Morgan fingerprint density at radius 2 is 1.32 bits per heavy atom. The first-order valence-corrected chi connectivity index (χ1v) is 8.87. The van der Waals surface area contributed by atoms with E-state index in [1.165, 1.54) is 0 Å². The fraction of sp³-hybridized carbons (Fsp3) is 0.0909. The number of benzene rings is 3. The molecule has 0 saturated heterocycles. The molecule has 3 aromatic carbocycles. The van der Waals surface area contributed by atoms with Crippen molar-refractivity contribution in [1.29, 1.82) is 0 Å². The van der Waals surface area contributed by atoms with Crippen LogP contribution < -0.4 is 20.7 Å². The van der Waals surface area contributed by atoms with Crippen LogP contribution in [0.25, 0.3) is 0 Å². The molecule has 0 heterocycles. The highest BCUT2D eigenvalue weighted by Crippen LogP contribution is 2.22. The van der Waals surface area contributed by atoms with Gasteiger partial charge in [-0.05, 0) is 42.0 Å². The number of nitrogens with one attached hydrogen (secondary N) is 3. The molecule has 3 rings (SSSR count). The van der Waals surface area contributed by atoms with Crippen molar-refractivity contribution >= 4 is 17.6 Å². The van der Waals surface area contributed by atoms with Crippen molar-refractivity contribution in [3.8, 4) is 11.5 Å². The highest BCUT2D eigenvalue weighted by molar-refractivity contribution is 5.92. The maximum atomic E-state index is 11.9. The summed E-state index contributed by atoms with van der Waals surface area (Å²) in [7, 11) is 0. The molecule has 3 amide bonds. The van der Waals surface area contributed by atoms with Crippen molar-refractivity contribution in [2.45, 2.75) is 6.54 Å². The summed E-state index contributed by atoms with van der Waals surface area (Å²) in [5.74, 6) is 1.14. The lowest BCUT2D eigenvalue weighted by molar-refractivity contribution is -0.120. The Morgan fingerprint density at radius 1 is 0.714 bits per heavy atom. The van der Waals surface area contributed by atoms with Crippen LogP contribution in [0.2, 0.25) is 0 Å². The van der Waals surface area contributed by atoms with Crippen molar-refractivity contribution in [3.05, 3.63) is 90.5 Å². The average Bonchev–Trinajstić information content (AvgIpc) is 2.74. The zero-order valence-corrected chi connectivity index (χ0v) is 15.2. The predicted molar refractivity (Wildman–Crippen MR) is 108 cm³/mol. The second-order valence-electron chi connectivity index (χ2n) is 6.01. The number of amides is 3. The van der Waals surface area contributed by atoms with Crippen LogP contribution in [0.5, 0.6) is 11.5 Å². The second-order valence-corrected chi connectivity index (χ2v) is 6.01. The molecule has 0 fully saturated rings. The summed E-state index contributed by atoms with van der Waals surface area (Å²) >= 11 is 0. The van der Waals surface area contributed by atoms with Crippen LogP contribution in [0, 0.1) is 0 Å². The van der Waals surface area contributed by atoms with Gasteiger partial charge in [-0.2, -0.15) is 0 Å². The van der Waals surface area contributed by atoms with Gasteiger partial charge in [-0.15, -0.1) is 0 Å². The van der Waals surface area contributed by atoms with Gasteiger partial charge in [-0.1, -0.05) is 48.5 Å². The molecule has 142 valence electrons. The summed E-state index contributed by atoms with van der Waals surface area (Å²) in [5, 5.41) is 7.96. The van der Waals surface area contributed by atoms with Crippen molar-refractivity contribution in [1.82, 2.24) is 10.6 Å². The minimum Gasteiger partial charge on any atom is -0.457 e. The van der Waals surface area contributed by atoms with Gasteiger partial charge in [0.1, 0.15) is 11.5 Å². The van der Waals surface area contributed by atoms with Crippen LogP contribution in [0.1, 0.15) is 5.56 Å². The van der Waals surface area contributed by atoms with Gasteiger partial charge in [0.2, 0.25) is 5.91 Å². The van der Waals surface area contributed by atoms with Crippen molar-refractivity contribution < 1.29 is 14.3 Å². The minimum absolute atomic E-state index is 0.103. The van der Waals surface area contributed by atoms with Crippen LogP contribution in [0.15, 0.2) is 84.9 Å². The summed E-state index contributed by atoms with van der Waals surface area (Å²) in [6, 6.07) is 25.5. The first kappa shape index (κ1) is 19.0. The molecule has 0 aliphatic rings. The van der Waals surface area contributed by atoms with E-state index >= 15 is 0 Å². The Hall–Kier alpha value is -3.80. The average molecular weight is 375 g/mol. The summed E-state index contributed by atoms with van der Waals surface area (Å²) in [6.07, 6.45) is 0. The van der Waals surface area contributed by atoms with Crippen molar-refractivity contribution in [2.75, 3.05) is 11.9 Å². The van der Waals surface area contributed by atoms with Crippen LogP contribution in [-0.4, -0.2) is 18.5 Å². The second kappa shape index (κ2) is 9.78. The first-order chi connectivity index (χ1) is 13.7. The number of urea groups is 1. The number of carbonyl (C=O) groups excluding carboxylic acids is 2. The van der Waals surface area contributed by atoms with E-state index in [-0.39, 0.29) is 12.5 Å². The molecule has 0 aromatic heterocycles. The van der Waals surface area contributed by atoms with Crippen LogP contribution in [0.3, 0.4) is 0 Å². The molecule has 3 N–H and O–H groups in total. The van der Waals surface area contributed by atoms with E-state index in [4.69, 9.17) is 4.74 Å². The third kappa shape index (κ3) is 6.17. The fourth-order valence-electron chi connectivity index (χ4n) is 2.43. The Morgan fingerprint density at radius 3 is 2.00 bits per heavy atom. The summed E-state index contributed by atoms with van der Waals surface area (Å²) in [4.78, 5) is 23.8. The van der Waals surface area contributed by atoms with Gasteiger partial charge in [0.05, 0.1) is 6.54 Å². The Kier molecular flexibility index (Phi) is 6.62. The molecule has 6 heteroatoms. The van der Waals surface area contributed by atoms with Gasteiger partial charge >= 0.3 is 6.03 Å². The third-order valence-electron chi connectivity index (χ3n) is 3.83. The largest absolute Gasteiger partial charge is 0.457 e. The van der Waals surface area contributed by atoms with E-state index in [1.807, 2.05) is 60.7 Å².